The molecule has 0 fully saturated rings. The first kappa shape index (κ1) is 16.0. The highest BCUT2D eigenvalue weighted by atomic mass is 79.9. The molecule has 0 amide bonds. The van der Waals surface area contributed by atoms with Crippen LogP contribution in [0.5, 0.6) is 0 Å². The molecule has 0 bridgehead atoms. The molecule has 21 heavy (non-hydrogen) atoms. The molecular formula is C15H13BrF3NO. The average molecular weight is 360 g/mol. The Balaban J connectivity index is 2.44. The van der Waals surface area contributed by atoms with Crippen molar-refractivity contribution in [3.63, 3.8) is 0 Å². The van der Waals surface area contributed by atoms with Gasteiger partial charge in [-0.25, -0.2) is 13.2 Å². The SMILES string of the molecule is NCC(c1cccc(Br)c1)C(O)c1c(F)cc(F)cc1F. The molecule has 0 saturated heterocycles. The van der Waals surface area contributed by atoms with E-state index in [0.717, 1.165) is 4.47 Å². The number of aliphatic hydroxyl groups excluding tert-OH is 1. The van der Waals surface area contributed by atoms with Crippen molar-refractivity contribution in [2.45, 2.75) is 12.0 Å². The minimum absolute atomic E-state index is 0.0200. The third-order valence-electron chi connectivity index (χ3n) is 3.25. The molecule has 2 rings (SSSR count). The third kappa shape index (κ3) is 3.45. The normalized spacial score (nSPS) is 14.0. The molecule has 3 N–H and O–H groups in total. The Morgan fingerprint density at radius 2 is 1.71 bits per heavy atom. The van der Waals surface area contributed by atoms with Crippen molar-refractivity contribution in [1.29, 1.82) is 0 Å². The van der Waals surface area contributed by atoms with E-state index in [-0.39, 0.29) is 6.54 Å². The monoisotopic (exact) mass is 359 g/mol. The number of aliphatic hydroxyl groups is 1. The molecule has 112 valence electrons. The molecule has 2 aromatic rings. The van der Waals surface area contributed by atoms with Crippen molar-refractivity contribution >= 4 is 15.9 Å². The summed E-state index contributed by atoms with van der Waals surface area (Å²) in [5, 5.41) is 10.3. The van der Waals surface area contributed by atoms with Gasteiger partial charge in [0, 0.05) is 29.1 Å². The summed E-state index contributed by atoms with van der Waals surface area (Å²) in [4.78, 5) is 0. The lowest BCUT2D eigenvalue weighted by Gasteiger charge is -2.23. The van der Waals surface area contributed by atoms with Gasteiger partial charge in [-0.1, -0.05) is 28.1 Å². The highest BCUT2D eigenvalue weighted by Crippen LogP contribution is 2.34. The Morgan fingerprint density at radius 1 is 1.10 bits per heavy atom. The van der Waals surface area contributed by atoms with Gasteiger partial charge in [0.05, 0.1) is 11.7 Å². The van der Waals surface area contributed by atoms with Crippen LogP contribution in [0, 0.1) is 17.5 Å². The van der Waals surface area contributed by atoms with E-state index in [1.54, 1.807) is 24.3 Å². The summed E-state index contributed by atoms with van der Waals surface area (Å²) in [6, 6.07) is 7.99. The maximum atomic E-state index is 13.8. The van der Waals surface area contributed by atoms with E-state index in [0.29, 0.717) is 17.7 Å². The van der Waals surface area contributed by atoms with Crippen molar-refractivity contribution < 1.29 is 18.3 Å². The predicted molar refractivity (Wildman–Crippen MR) is 77.2 cm³/mol. The van der Waals surface area contributed by atoms with Gasteiger partial charge in [-0.3, -0.25) is 0 Å². The van der Waals surface area contributed by atoms with Gasteiger partial charge < -0.3 is 10.8 Å². The molecule has 0 radical (unpaired) electrons. The molecule has 0 saturated carbocycles. The zero-order chi connectivity index (χ0) is 15.6. The summed E-state index contributed by atoms with van der Waals surface area (Å²) < 4.78 is 41.2. The number of nitrogens with two attached hydrogens (primary N) is 1. The van der Waals surface area contributed by atoms with Gasteiger partial charge in [0.25, 0.3) is 0 Å². The average Bonchev–Trinajstić information content (AvgIpc) is 2.38. The second-order valence-corrected chi connectivity index (χ2v) is 5.54. The van der Waals surface area contributed by atoms with Crippen LogP contribution in [0.3, 0.4) is 0 Å². The molecule has 0 aliphatic rings. The summed E-state index contributed by atoms with van der Waals surface area (Å²) in [5.41, 5.74) is 5.68. The predicted octanol–water partition coefficient (Wildman–Crippen LogP) is 3.64. The first-order chi connectivity index (χ1) is 9.93. The minimum Gasteiger partial charge on any atom is -0.388 e. The molecular weight excluding hydrogens is 347 g/mol. The molecule has 0 heterocycles. The lowest BCUT2D eigenvalue weighted by molar-refractivity contribution is 0.138. The Kier molecular flexibility index (Phi) is 5.03. The van der Waals surface area contributed by atoms with Crippen molar-refractivity contribution in [2.75, 3.05) is 6.54 Å². The number of halogens is 4. The summed E-state index contributed by atoms with van der Waals surface area (Å²) in [6.45, 7) is -0.0200. The second-order valence-electron chi connectivity index (χ2n) is 4.63. The number of hydrogen-bond acceptors (Lipinski definition) is 2. The molecule has 0 aliphatic carbocycles. The fraction of sp³-hybridized carbons (Fsp3) is 0.200. The van der Waals surface area contributed by atoms with E-state index in [1.807, 2.05) is 0 Å². The van der Waals surface area contributed by atoms with E-state index >= 15 is 0 Å². The van der Waals surface area contributed by atoms with Crippen LogP contribution in [0.4, 0.5) is 13.2 Å². The summed E-state index contributed by atoms with van der Waals surface area (Å²) in [6.07, 6.45) is -1.51. The van der Waals surface area contributed by atoms with Crippen molar-refractivity contribution in [3.8, 4) is 0 Å². The van der Waals surface area contributed by atoms with Gasteiger partial charge in [0.2, 0.25) is 0 Å². The van der Waals surface area contributed by atoms with Crippen LogP contribution in [0.15, 0.2) is 40.9 Å². The van der Waals surface area contributed by atoms with Crippen molar-refractivity contribution in [1.82, 2.24) is 0 Å². The molecule has 6 heteroatoms. The first-order valence-electron chi connectivity index (χ1n) is 6.22. The minimum atomic E-state index is -1.51. The summed E-state index contributed by atoms with van der Waals surface area (Å²) in [7, 11) is 0. The van der Waals surface area contributed by atoms with Crippen LogP contribution in [-0.2, 0) is 0 Å². The standard InChI is InChI=1S/C15H13BrF3NO/c16-9-3-1-2-8(4-9)11(7-20)15(21)14-12(18)5-10(17)6-13(14)19/h1-6,11,15,21H,7,20H2. The molecule has 0 aliphatic heterocycles. The smallest absolute Gasteiger partial charge is 0.134 e. The van der Waals surface area contributed by atoms with Gasteiger partial charge in [-0.2, -0.15) is 0 Å². The van der Waals surface area contributed by atoms with Crippen LogP contribution in [0.1, 0.15) is 23.1 Å². The van der Waals surface area contributed by atoms with Crippen molar-refractivity contribution in [2.24, 2.45) is 5.73 Å². The zero-order valence-electron chi connectivity index (χ0n) is 10.9. The molecule has 2 nitrogen and oxygen atoms in total. The first-order valence-corrected chi connectivity index (χ1v) is 7.01. The zero-order valence-corrected chi connectivity index (χ0v) is 12.4. The molecule has 0 aromatic heterocycles. The maximum Gasteiger partial charge on any atom is 0.134 e. The second kappa shape index (κ2) is 6.60. The van der Waals surface area contributed by atoms with Crippen LogP contribution in [0.2, 0.25) is 0 Å². The Labute approximate surface area is 128 Å². The Bertz CT molecular complexity index is 628. The van der Waals surface area contributed by atoms with Gasteiger partial charge >= 0.3 is 0 Å². The summed E-state index contributed by atoms with van der Waals surface area (Å²) in [5.74, 6) is -4.01. The Hall–Kier alpha value is -1.37. The quantitative estimate of drug-likeness (QED) is 0.875. The van der Waals surface area contributed by atoms with Crippen LogP contribution in [-0.4, -0.2) is 11.7 Å². The van der Waals surface area contributed by atoms with Gasteiger partial charge in [0.15, 0.2) is 0 Å². The topological polar surface area (TPSA) is 46.2 Å². The molecule has 0 spiro atoms. The fourth-order valence-electron chi connectivity index (χ4n) is 2.22. The van der Waals surface area contributed by atoms with Gasteiger partial charge in [-0.05, 0) is 17.7 Å². The number of rotatable bonds is 4. The van der Waals surface area contributed by atoms with Crippen LogP contribution >= 0.6 is 15.9 Å². The lowest BCUT2D eigenvalue weighted by Crippen LogP contribution is -2.22. The van der Waals surface area contributed by atoms with E-state index < -0.39 is 35.0 Å². The third-order valence-corrected chi connectivity index (χ3v) is 3.74. The highest BCUT2D eigenvalue weighted by Gasteiger charge is 2.27. The van der Waals surface area contributed by atoms with E-state index in [2.05, 4.69) is 15.9 Å². The summed E-state index contributed by atoms with van der Waals surface area (Å²) >= 11 is 3.28. The molecule has 2 atom stereocenters. The molecule has 2 aromatic carbocycles. The van der Waals surface area contributed by atoms with Gasteiger partial charge in [-0.15, -0.1) is 0 Å². The molecule has 2 unspecified atom stereocenters. The maximum absolute atomic E-state index is 13.8. The number of benzene rings is 2. The lowest BCUT2D eigenvalue weighted by atomic mass is 9.88. The van der Waals surface area contributed by atoms with E-state index in [9.17, 15) is 18.3 Å². The fourth-order valence-corrected chi connectivity index (χ4v) is 2.64. The Morgan fingerprint density at radius 3 is 2.24 bits per heavy atom. The highest BCUT2D eigenvalue weighted by molar-refractivity contribution is 9.10. The van der Waals surface area contributed by atoms with Gasteiger partial charge in [0.1, 0.15) is 17.5 Å². The van der Waals surface area contributed by atoms with Crippen LogP contribution in [0.25, 0.3) is 0 Å². The van der Waals surface area contributed by atoms with Crippen LogP contribution < -0.4 is 5.73 Å². The van der Waals surface area contributed by atoms with Crippen molar-refractivity contribution in [3.05, 3.63) is 69.4 Å². The largest absolute Gasteiger partial charge is 0.388 e. The van der Waals surface area contributed by atoms with E-state index in [4.69, 9.17) is 5.73 Å². The van der Waals surface area contributed by atoms with E-state index in [1.165, 1.54) is 0 Å². The number of hydrogen-bond donors (Lipinski definition) is 2.